The predicted molar refractivity (Wildman–Crippen MR) is 89.0 cm³/mol. The summed E-state index contributed by atoms with van der Waals surface area (Å²) in [5.41, 5.74) is 1.77. The molecule has 2 heterocycles. The van der Waals surface area contributed by atoms with Crippen LogP contribution in [-0.4, -0.2) is 37.7 Å². The Labute approximate surface area is 139 Å². The molecule has 3 rings (SSSR count). The number of aryl methyl sites for hydroxylation is 1. The fourth-order valence-electron chi connectivity index (χ4n) is 2.81. The first-order chi connectivity index (χ1) is 11.5. The zero-order valence-corrected chi connectivity index (χ0v) is 14.1. The SMILES string of the molecule is COC(=O)c1c(-n2cc([C@@H](O)C(C)C)nn2)n(C)c2ccccc12. The fourth-order valence-corrected chi connectivity index (χ4v) is 2.81. The van der Waals surface area contributed by atoms with Gasteiger partial charge in [0.15, 0.2) is 5.82 Å². The minimum atomic E-state index is -0.713. The second kappa shape index (κ2) is 6.09. The van der Waals surface area contributed by atoms with Crippen LogP contribution < -0.4 is 0 Å². The molecule has 1 aromatic carbocycles. The number of benzene rings is 1. The molecule has 0 aliphatic carbocycles. The first-order valence-electron chi connectivity index (χ1n) is 7.72. The van der Waals surface area contributed by atoms with Crippen molar-refractivity contribution in [3.8, 4) is 5.82 Å². The lowest BCUT2D eigenvalue weighted by molar-refractivity contribution is 0.0602. The van der Waals surface area contributed by atoms with E-state index < -0.39 is 12.1 Å². The van der Waals surface area contributed by atoms with Crippen molar-refractivity contribution >= 4 is 16.9 Å². The molecule has 0 unspecified atom stereocenters. The first-order valence-corrected chi connectivity index (χ1v) is 7.72. The van der Waals surface area contributed by atoms with Crippen molar-refractivity contribution in [3.05, 3.63) is 41.7 Å². The molecule has 0 saturated heterocycles. The molecule has 0 saturated carbocycles. The fraction of sp³-hybridized carbons (Fsp3) is 0.353. The van der Waals surface area contributed by atoms with Crippen LogP contribution in [0.25, 0.3) is 16.7 Å². The van der Waals surface area contributed by atoms with Gasteiger partial charge in [-0.15, -0.1) is 5.10 Å². The Kier molecular flexibility index (Phi) is 4.11. The number of rotatable bonds is 4. The third kappa shape index (κ3) is 2.46. The van der Waals surface area contributed by atoms with Gasteiger partial charge < -0.3 is 14.4 Å². The normalized spacial score (nSPS) is 12.8. The number of carbonyl (C=O) groups is 1. The highest BCUT2D eigenvalue weighted by atomic mass is 16.5. The van der Waals surface area contributed by atoms with Gasteiger partial charge in [0.2, 0.25) is 0 Å². The van der Waals surface area contributed by atoms with E-state index >= 15 is 0 Å². The quantitative estimate of drug-likeness (QED) is 0.743. The smallest absolute Gasteiger partial charge is 0.342 e. The van der Waals surface area contributed by atoms with Crippen LogP contribution in [0.4, 0.5) is 0 Å². The van der Waals surface area contributed by atoms with Gasteiger partial charge in [-0.25, -0.2) is 9.48 Å². The lowest BCUT2D eigenvalue weighted by atomic mass is 10.1. The van der Waals surface area contributed by atoms with E-state index in [2.05, 4.69) is 10.3 Å². The van der Waals surface area contributed by atoms with Gasteiger partial charge in [-0.3, -0.25) is 0 Å². The topological polar surface area (TPSA) is 82.2 Å². The van der Waals surface area contributed by atoms with Gasteiger partial charge >= 0.3 is 5.97 Å². The predicted octanol–water partition coefficient (Wildman–Crippen LogP) is 2.23. The molecule has 7 nitrogen and oxygen atoms in total. The molecule has 126 valence electrons. The summed E-state index contributed by atoms with van der Waals surface area (Å²) in [5, 5.41) is 19.1. The third-order valence-corrected chi connectivity index (χ3v) is 4.13. The number of aliphatic hydroxyl groups is 1. The van der Waals surface area contributed by atoms with Crippen LogP contribution in [0.3, 0.4) is 0 Å². The third-order valence-electron chi connectivity index (χ3n) is 4.13. The number of methoxy groups -OCH3 is 1. The molecule has 7 heteroatoms. The molecule has 1 N–H and O–H groups in total. The van der Waals surface area contributed by atoms with E-state index in [-0.39, 0.29) is 5.92 Å². The van der Waals surface area contributed by atoms with Gasteiger partial charge in [0.25, 0.3) is 0 Å². The monoisotopic (exact) mass is 328 g/mol. The number of aliphatic hydroxyl groups excluding tert-OH is 1. The van der Waals surface area contributed by atoms with Gasteiger partial charge in [-0.1, -0.05) is 37.3 Å². The van der Waals surface area contributed by atoms with Crippen LogP contribution in [0.5, 0.6) is 0 Å². The molecule has 0 bridgehead atoms. The van der Waals surface area contributed by atoms with E-state index in [4.69, 9.17) is 4.74 Å². The van der Waals surface area contributed by atoms with Gasteiger partial charge in [0, 0.05) is 12.4 Å². The largest absolute Gasteiger partial charge is 0.465 e. The Bertz CT molecular complexity index is 895. The summed E-state index contributed by atoms with van der Waals surface area (Å²) >= 11 is 0. The number of nitrogens with zero attached hydrogens (tertiary/aromatic N) is 4. The highest BCUT2D eigenvalue weighted by Gasteiger charge is 2.25. The Morgan fingerprint density at radius 2 is 2.00 bits per heavy atom. The Hall–Kier alpha value is -2.67. The van der Waals surface area contributed by atoms with Gasteiger partial charge in [-0.2, -0.15) is 0 Å². The number of ether oxygens (including phenoxy) is 1. The molecule has 0 aliphatic heterocycles. The van der Waals surface area contributed by atoms with Crippen molar-refractivity contribution in [2.24, 2.45) is 13.0 Å². The number of fused-ring (bicyclic) bond motifs is 1. The van der Waals surface area contributed by atoms with Gasteiger partial charge in [0.1, 0.15) is 17.4 Å². The summed E-state index contributed by atoms with van der Waals surface area (Å²) in [7, 11) is 3.20. The molecule has 0 radical (unpaired) electrons. The highest BCUT2D eigenvalue weighted by Crippen LogP contribution is 2.29. The van der Waals surface area contributed by atoms with Crippen LogP contribution in [0.1, 0.15) is 36.0 Å². The van der Waals surface area contributed by atoms with Crippen molar-refractivity contribution in [1.29, 1.82) is 0 Å². The van der Waals surface area contributed by atoms with Crippen molar-refractivity contribution in [3.63, 3.8) is 0 Å². The molecule has 0 spiro atoms. The molecule has 24 heavy (non-hydrogen) atoms. The maximum atomic E-state index is 12.3. The number of hydrogen-bond acceptors (Lipinski definition) is 5. The summed E-state index contributed by atoms with van der Waals surface area (Å²) in [6, 6.07) is 7.56. The average Bonchev–Trinajstić information content (AvgIpc) is 3.16. The number of aromatic nitrogens is 4. The lowest BCUT2D eigenvalue weighted by Gasteiger charge is -2.10. The number of carbonyl (C=O) groups excluding carboxylic acids is 1. The second-order valence-corrected chi connectivity index (χ2v) is 6.04. The molecule has 2 aromatic heterocycles. The molecule has 0 aliphatic rings. The maximum absolute atomic E-state index is 12.3. The van der Waals surface area contributed by atoms with Gasteiger partial charge in [-0.05, 0) is 12.0 Å². The summed E-state index contributed by atoms with van der Waals surface area (Å²) < 4.78 is 8.32. The van der Waals surface area contributed by atoms with Crippen molar-refractivity contribution in [2.75, 3.05) is 7.11 Å². The average molecular weight is 328 g/mol. The molecule has 0 amide bonds. The number of hydrogen-bond donors (Lipinski definition) is 1. The second-order valence-electron chi connectivity index (χ2n) is 6.04. The van der Waals surface area contributed by atoms with Crippen molar-refractivity contribution in [2.45, 2.75) is 20.0 Å². The van der Waals surface area contributed by atoms with Gasteiger partial charge in [0.05, 0.1) is 18.8 Å². The van der Waals surface area contributed by atoms with Crippen LogP contribution in [0.2, 0.25) is 0 Å². The molecular weight excluding hydrogens is 308 g/mol. The van der Waals surface area contributed by atoms with Crippen LogP contribution in [0.15, 0.2) is 30.5 Å². The van der Waals surface area contributed by atoms with Crippen molar-refractivity contribution in [1.82, 2.24) is 19.6 Å². The van der Waals surface area contributed by atoms with Crippen LogP contribution in [0, 0.1) is 5.92 Å². The minimum Gasteiger partial charge on any atom is -0.465 e. The number of esters is 1. The molecule has 1 atom stereocenters. The molecule has 3 aromatic rings. The Morgan fingerprint density at radius 3 is 2.67 bits per heavy atom. The Balaban J connectivity index is 2.23. The lowest BCUT2D eigenvalue weighted by Crippen LogP contribution is -2.10. The summed E-state index contributed by atoms with van der Waals surface area (Å²) in [4.78, 5) is 12.3. The molecular formula is C17H20N4O3. The molecule has 0 fully saturated rings. The minimum absolute atomic E-state index is 0.0164. The number of para-hydroxylation sites is 1. The zero-order chi connectivity index (χ0) is 17.4. The van der Waals surface area contributed by atoms with E-state index in [1.807, 2.05) is 49.7 Å². The van der Waals surface area contributed by atoms with E-state index in [9.17, 15) is 9.90 Å². The summed E-state index contributed by atoms with van der Waals surface area (Å²) in [5.74, 6) is 0.128. The summed E-state index contributed by atoms with van der Waals surface area (Å²) in [6.07, 6.45) is 0.931. The van der Waals surface area contributed by atoms with Crippen LogP contribution in [-0.2, 0) is 11.8 Å². The van der Waals surface area contributed by atoms with E-state index in [0.717, 1.165) is 10.9 Å². The Morgan fingerprint density at radius 1 is 1.29 bits per heavy atom. The standard InChI is InChI=1S/C17H20N4O3/c1-10(2)15(22)12-9-21(19-18-12)16-14(17(23)24-4)11-7-5-6-8-13(11)20(16)3/h5-10,15,22H,1-4H3/t15-/m0/s1. The maximum Gasteiger partial charge on any atom is 0.342 e. The van der Waals surface area contributed by atoms with Crippen molar-refractivity contribution < 1.29 is 14.6 Å². The summed E-state index contributed by atoms with van der Waals surface area (Å²) in [6.45, 7) is 3.81. The van der Waals surface area contributed by atoms with E-state index in [1.165, 1.54) is 11.8 Å². The first kappa shape index (κ1) is 16.2. The van der Waals surface area contributed by atoms with E-state index in [0.29, 0.717) is 17.1 Å². The zero-order valence-electron chi connectivity index (χ0n) is 14.1. The highest BCUT2D eigenvalue weighted by molar-refractivity contribution is 6.08. The van der Waals surface area contributed by atoms with Crippen LogP contribution >= 0.6 is 0 Å². The van der Waals surface area contributed by atoms with E-state index in [1.54, 1.807) is 6.20 Å².